The molecule has 0 radical (unpaired) electrons. The van der Waals surface area contributed by atoms with Gasteiger partial charge in [-0.25, -0.2) is 13.8 Å². The Morgan fingerprint density at radius 1 is 1.15 bits per heavy atom. The van der Waals surface area contributed by atoms with E-state index in [1.165, 1.54) is 20.8 Å². The minimum atomic E-state index is -6.19. The molecular weight excluding hydrogens is 594 g/mol. The molecular formula is C24H25F8N3O5S. The SMILES string of the molecule is COc1cc(C(O)(C(F)(F)F)C(F)(F)F)ccc1-c1sc(C(=O)NCC(C)(C)O)nc1C(=O)N1CC(F)(F)C[C@@H]1C. The molecule has 1 fully saturated rings. The Bertz CT molecular complexity index is 1310. The topological polar surface area (TPSA) is 112 Å². The quantitative estimate of drug-likeness (QED) is 0.394. The molecule has 1 aromatic carbocycles. The summed E-state index contributed by atoms with van der Waals surface area (Å²) in [6.45, 7) is 2.82. The van der Waals surface area contributed by atoms with Gasteiger partial charge in [0, 0.05) is 30.1 Å². The molecule has 8 nitrogen and oxygen atoms in total. The van der Waals surface area contributed by atoms with E-state index in [-0.39, 0.29) is 23.1 Å². The summed E-state index contributed by atoms with van der Waals surface area (Å²) in [5, 5.41) is 21.6. The number of aromatic nitrogens is 1. The van der Waals surface area contributed by atoms with Crippen molar-refractivity contribution in [2.24, 2.45) is 0 Å². The lowest BCUT2D eigenvalue weighted by molar-refractivity contribution is -0.376. The summed E-state index contributed by atoms with van der Waals surface area (Å²) in [5.41, 5.74) is -9.18. The Kier molecular flexibility index (Phi) is 8.44. The zero-order valence-corrected chi connectivity index (χ0v) is 22.7. The Balaban J connectivity index is 2.19. The number of nitrogens with zero attached hydrogens (tertiary/aromatic N) is 2. The largest absolute Gasteiger partial charge is 0.496 e. The van der Waals surface area contributed by atoms with E-state index in [1.807, 2.05) is 0 Å². The fourth-order valence-electron chi connectivity index (χ4n) is 4.13. The van der Waals surface area contributed by atoms with Crippen molar-refractivity contribution in [2.75, 3.05) is 20.2 Å². The van der Waals surface area contributed by atoms with E-state index >= 15 is 0 Å². The van der Waals surface area contributed by atoms with Crippen molar-refractivity contribution in [3.63, 3.8) is 0 Å². The van der Waals surface area contributed by atoms with Crippen LogP contribution in [0.25, 0.3) is 10.4 Å². The van der Waals surface area contributed by atoms with Gasteiger partial charge in [0.15, 0.2) is 5.01 Å². The number of thiazole rings is 1. The summed E-state index contributed by atoms with van der Waals surface area (Å²) in [4.78, 5) is 30.6. The van der Waals surface area contributed by atoms with E-state index in [0.717, 1.165) is 12.0 Å². The van der Waals surface area contributed by atoms with Gasteiger partial charge in [-0.3, -0.25) is 9.59 Å². The summed E-state index contributed by atoms with van der Waals surface area (Å²) in [6, 6.07) is 0.303. The van der Waals surface area contributed by atoms with Crippen LogP contribution in [0.4, 0.5) is 35.1 Å². The maximum atomic E-state index is 14.0. The van der Waals surface area contributed by atoms with Gasteiger partial charge in [0.1, 0.15) is 11.4 Å². The average molecular weight is 620 g/mol. The van der Waals surface area contributed by atoms with Crippen molar-refractivity contribution in [1.29, 1.82) is 0 Å². The molecule has 0 aliphatic carbocycles. The number of carbonyl (C=O) groups excluding carboxylic acids is 2. The molecule has 3 N–H and O–H groups in total. The van der Waals surface area contributed by atoms with Crippen molar-refractivity contribution in [1.82, 2.24) is 15.2 Å². The van der Waals surface area contributed by atoms with E-state index < -0.39 is 82.3 Å². The molecule has 2 heterocycles. The first-order valence-corrected chi connectivity index (χ1v) is 12.6. The normalized spacial score (nSPS) is 18.0. The Morgan fingerprint density at radius 3 is 2.20 bits per heavy atom. The van der Waals surface area contributed by atoms with Crippen molar-refractivity contribution >= 4 is 23.2 Å². The van der Waals surface area contributed by atoms with E-state index in [4.69, 9.17) is 4.74 Å². The molecule has 1 saturated heterocycles. The predicted octanol–water partition coefficient (Wildman–Crippen LogP) is 4.50. The summed E-state index contributed by atoms with van der Waals surface area (Å²) in [5.74, 6) is -5.89. The number of amides is 2. The van der Waals surface area contributed by atoms with Crippen LogP contribution in [-0.4, -0.2) is 82.0 Å². The van der Waals surface area contributed by atoms with Crippen molar-refractivity contribution in [3.05, 3.63) is 34.5 Å². The molecule has 1 aliphatic heterocycles. The molecule has 1 atom stereocenters. The fourth-order valence-corrected chi connectivity index (χ4v) is 5.13. The van der Waals surface area contributed by atoms with Gasteiger partial charge in [-0.2, -0.15) is 26.3 Å². The zero-order valence-electron chi connectivity index (χ0n) is 21.9. The van der Waals surface area contributed by atoms with Gasteiger partial charge in [0.05, 0.1) is 24.1 Å². The van der Waals surface area contributed by atoms with Crippen LogP contribution in [0.5, 0.6) is 5.75 Å². The number of rotatable bonds is 7. The molecule has 1 aliphatic rings. The molecule has 228 valence electrons. The van der Waals surface area contributed by atoms with Gasteiger partial charge in [-0.1, -0.05) is 6.07 Å². The third kappa shape index (κ3) is 6.40. The monoisotopic (exact) mass is 619 g/mol. The van der Waals surface area contributed by atoms with E-state index in [1.54, 1.807) is 0 Å². The highest BCUT2D eigenvalue weighted by molar-refractivity contribution is 7.17. The number of hydrogen-bond acceptors (Lipinski definition) is 7. The lowest BCUT2D eigenvalue weighted by Gasteiger charge is -2.33. The van der Waals surface area contributed by atoms with Crippen LogP contribution in [0, 0.1) is 0 Å². The predicted molar refractivity (Wildman–Crippen MR) is 129 cm³/mol. The second-order valence-corrected chi connectivity index (χ2v) is 11.2. The standard InChI is InChI=1S/C24H25F8N3O5S/c1-11-8-21(25,26)10-35(11)19(37)15-16(41-18(34-15)17(36)33-9-20(2,3)38)13-6-5-12(7-14(13)40-4)22(39,23(27,28)29)24(30,31)32/h5-7,11,38-39H,8-10H2,1-4H3,(H,33,36)/t11-/m0/s1. The summed E-state index contributed by atoms with van der Waals surface area (Å²) in [7, 11) is 0.894. The number of methoxy groups -OCH3 is 1. The first kappa shape index (κ1) is 32.5. The minimum Gasteiger partial charge on any atom is -0.496 e. The van der Waals surface area contributed by atoms with Gasteiger partial charge in [0.25, 0.3) is 23.3 Å². The van der Waals surface area contributed by atoms with E-state index in [2.05, 4.69) is 10.3 Å². The fraction of sp³-hybridized carbons (Fsp3) is 0.542. The van der Waals surface area contributed by atoms with Crippen LogP contribution in [0.2, 0.25) is 0 Å². The maximum absolute atomic E-state index is 14.0. The van der Waals surface area contributed by atoms with Gasteiger partial charge in [0.2, 0.25) is 0 Å². The van der Waals surface area contributed by atoms with Crippen LogP contribution < -0.4 is 10.1 Å². The molecule has 17 heteroatoms. The van der Waals surface area contributed by atoms with Crippen LogP contribution in [0.15, 0.2) is 18.2 Å². The third-order valence-corrected chi connectivity index (χ3v) is 7.27. The second kappa shape index (κ2) is 10.7. The van der Waals surface area contributed by atoms with Gasteiger partial charge >= 0.3 is 12.4 Å². The Hall–Kier alpha value is -3.05. The third-order valence-electron chi connectivity index (χ3n) is 6.18. The second-order valence-electron chi connectivity index (χ2n) is 10.2. The number of alkyl halides is 8. The lowest BCUT2D eigenvalue weighted by atomic mass is 9.90. The molecule has 2 aromatic rings. The molecule has 0 bridgehead atoms. The first-order valence-electron chi connectivity index (χ1n) is 11.8. The van der Waals surface area contributed by atoms with Crippen LogP contribution in [-0.2, 0) is 5.60 Å². The smallest absolute Gasteiger partial charge is 0.430 e. The van der Waals surface area contributed by atoms with Gasteiger partial charge in [-0.05, 0) is 32.9 Å². The van der Waals surface area contributed by atoms with E-state index in [0.29, 0.717) is 23.5 Å². The molecule has 2 amide bonds. The number of benzene rings is 1. The summed E-state index contributed by atoms with van der Waals surface area (Å²) in [6.07, 6.45) is -13.1. The number of nitrogens with one attached hydrogen (secondary N) is 1. The van der Waals surface area contributed by atoms with Crippen LogP contribution in [0.3, 0.4) is 0 Å². The van der Waals surface area contributed by atoms with E-state index in [9.17, 15) is 54.9 Å². The van der Waals surface area contributed by atoms with Crippen molar-refractivity contribution < 1.29 is 59.7 Å². The number of halogens is 8. The average Bonchev–Trinajstić information content (AvgIpc) is 3.39. The number of aliphatic hydroxyl groups is 2. The molecule has 1 aromatic heterocycles. The van der Waals surface area contributed by atoms with Crippen LogP contribution >= 0.6 is 11.3 Å². The van der Waals surface area contributed by atoms with Gasteiger partial charge in [-0.15, -0.1) is 11.3 Å². The number of hydrogen-bond donors (Lipinski definition) is 3. The van der Waals surface area contributed by atoms with Crippen LogP contribution in [0.1, 0.15) is 53.0 Å². The molecule has 0 spiro atoms. The summed E-state index contributed by atoms with van der Waals surface area (Å²) < 4.78 is 114. The molecule has 3 rings (SSSR count). The van der Waals surface area contributed by atoms with Crippen molar-refractivity contribution in [3.8, 4) is 16.2 Å². The highest BCUT2D eigenvalue weighted by Gasteiger charge is 2.71. The molecule has 0 unspecified atom stereocenters. The highest BCUT2D eigenvalue weighted by atomic mass is 32.1. The number of ether oxygens (including phenoxy) is 1. The lowest BCUT2D eigenvalue weighted by Crippen LogP contribution is -2.53. The molecule has 0 saturated carbocycles. The minimum absolute atomic E-state index is 0.269. The number of carbonyl (C=O) groups is 2. The maximum Gasteiger partial charge on any atom is 0.430 e. The number of likely N-dealkylation sites (tertiary alicyclic amines) is 1. The van der Waals surface area contributed by atoms with Crippen molar-refractivity contribution in [2.45, 2.75) is 62.7 Å². The Labute approximate surface area is 231 Å². The first-order chi connectivity index (χ1) is 18.5. The molecule has 41 heavy (non-hydrogen) atoms. The summed E-state index contributed by atoms with van der Waals surface area (Å²) >= 11 is 0.487. The Morgan fingerprint density at radius 2 is 1.73 bits per heavy atom. The zero-order chi connectivity index (χ0) is 31.3. The highest BCUT2D eigenvalue weighted by Crippen LogP contribution is 2.51. The van der Waals surface area contributed by atoms with Gasteiger partial charge < -0.3 is 25.2 Å².